The van der Waals surface area contributed by atoms with E-state index in [1.54, 1.807) is 42.5 Å². The maximum atomic E-state index is 11.2. The van der Waals surface area contributed by atoms with Gasteiger partial charge in [0.15, 0.2) is 11.5 Å². The van der Waals surface area contributed by atoms with Gasteiger partial charge in [-0.05, 0) is 23.0 Å². The first kappa shape index (κ1) is 21.2. The molecule has 11 heteroatoms. The Morgan fingerprint density at radius 2 is 1.07 bits per heavy atom. The van der Waals surface area contributed by atoms with E-state index in [0.29, 0.717) is 27.6 Å². The predicted molar refractivity (Wildman–Crippen MR) is 111 cm³/mol. The maximum Gasteiger partial charge on any atom is 0.446 e. The number of hydrogen-bond donors (Lipinski definition) is 2. The molecule has 0 fully saturated rings. The first-order valence-electron chi connectivity index (χ1n) is 7.96. The van der Waals surface area contributed by atoms with E-state index in [1.165, 1.54) is 24.3 Å². The summed E-state index contributed by atoms with van der Waals surface area (Å²) in [7, 11) is -7.05. The minimum absolute atomic E-state index is 0.125. The summed E-state index contributed by atoms with van der Waals surface area (Å²) >= 11 is 0. The van der Waals surface area contributed by atoms with Crippen LogP contribution in [0.4, 0.5) is 0 Å². The number of benzene rings is 3. The molecular formula is C18H15O8PS2. The van der Waals surface area contributed by atoms with Gasteiger partial charge in [-0.15, -0.1) is 9.24 Å². The zero-order chi connectivity index (χ0) is 21.2. The molecule has 3 aromatic rings. The summed E-state index contributed by atoms with van der Waals surface area (Å²) in [6, 6.07) is 17.4. The van der Waals surface area contributed by atoms with Crippen LogP contribution in [0.2, 0.25) is 0 Å². The predicted octanol–water partition coefficient (Wildman–Crippen LogP) is 2.88. The molecule has 0 saturated heterocycles. The third-order valence-corrected chi connectivity index (χ3v) is 5.08. The summed E-state index contributed by atoms with van der Waals surface area (Å²) in [5, 5.41) is 0.635. The van der Waals surface area contributed by atoms with Crippen LogP contribution in [0, 0.1) is 0 Å². The van der Waals surface area contributed by atoms with Crippen molar-refractivity contribution < 1.29 is 34.3 Å². The quantitative estimate of drug-likeness (QED) is 0.430. The molecule has 8 nitrogen and oxygen atoms in total. The smallest absolute Gasteiger partial charge is 0.361 e. The van der Waals surface area contributed by atoms with E-state index in [1.807, 2.05) is 0 Å². The average molecular weight is 454 g/mol. The Morgan fingerprint density at radius 3 is 1.62 bits per heavy atom. The normalized spacial score (nSPS) is 11.8. The van der Waals surface area contributed by atoms with Crippen molar-refractivity contribution in [3.05, 3.63) is 66.7 Å². The van der Waals surface area contributed by atoms with Crippen molar-refractivity contribution in [1.29, 1.82) is 0 Å². The van der Waals surface area contributed by atoms with Crippen molar-refractivity contribution in [2.75, 3.05) is 0 Å². The Bertz CT molecular complexity index is 1270. The van der Waals surface area contributed by atoms with Gasteiger partial charge in [0.25, 0.3) is 0 Å². The first-order valence-corrected chi connectivity index (χ1v) is 11.3. The summed E-state index contributed by atoms with van der Waals surface area (Å²) in [4.78, 5) is 0. The number of hydrogen-bond acceptors (Lipinski definition) is 6. The Kier molecular flexibility index (Phi) is 5.92. The van der Waals surface area contributed by atoms with E-state index < -0.39 is 20.8 Å². The Hall–Kier alpha value is -2.49. The van der Waals surface area contributed by atoms with Crippen LogP contribution in [0.15, 0.2) is 66.7 Å². The van der Waals surface area contributed by atoms with Crippen LogP contribution in [0.1, 0.15) is 0 Å². The molecule has 2 N–H and O–H groups in total. The third kappa shape index (κ3) is 5.31. The van der Waals surface area contributed by atoms with Crippen LogP contribution in [0.5, 0.6) is 11.5 Å². The lowest BCUT2D eigenvalue weighted by Crippen LogP contribution is -2.10. The van der Waals surface area contributed by atoms with Crippen LogP contribution in [-0.2, 0) is 20.8 Å². The highest BCUT2D eigenvalue weighted by Crippen LogP contribution is 2.40. The van der Waals surface area contributed by atoms with E-state index >= 15 is 0 Å². The molecule has 0 amide bonds. The first-order chi connectivity index (χ1) is 13.6. The van der Waals surface area contributed by atoms with Crippen LogP contribution >= 0.6 is 9.24 Å². The van der Waals surface area contributed by atoms with E-state index in [-0.39, 0.29) is 11.5 Å². The molecule has 3 rings (SSSR count). The van der Waals surface area contributed by atoms with Gasteiger partial charge in [-0.3, -0.25) is 9.11 Å². The van der Waals surface area contributed by atoms with Crippen LogP contribution < -0.4 is 13.7 Å². The van der Waals surface area contributed by atoms with E-state index in [2.05, 4.69) is 13.4 Å². The summed E-state index contributed by atoms with van der Waals surface area (Å²) in [6.45, 7) is 0. The molecule has 0 aliphatic heterocycles. The molecule has 0 aliphatic rings. The lowest BCUT2D eigenvalue weighted by molar-refractivity contribution is 0.385. The summed E-state index contributed by atoms with van der Waals surface area (Å²) < 4.78 is 72.5. The highest BCUT2D eigenvalue weighted by atomic mass is 32.3. The summed E-state index contributed by atoms with van der Waals surface area (Å²) in [5.74, 6) is -0.251. The third-order valence-electron chi connectivity index (χ3n) is 3.82. The van der Waals surface area contributed by atoms with E-state index in [0.717, 1.165) is 0 Å². The molecule has 0 aliphatic carbocycles. The molecule has 0 aromatic heterocycles. The fourth-order valence-corrected chi connectivity index (χ4v) is 4.00. The topological polar surface area (TPSA) is 127 Å². The van der Waals surface area contributed by atoms with Crippen LogP contribution in [-0.4, -0.2) is 25.9 Å². The molecule has 0 bridgehead atoms. The summed E-state index contributed by atoms with van der Waals surface area (Å²) in [5.41, 5.74) is 1.62. The second-order valence-electron chi connectivity index (χ2n) is 5.78. The fourth-order valence-electron chi connectivity index (χ4n) is 2.83. The molecule has 1 atom stereocenters. The van der Waals surface area contributed by atoms with E-state index in [9.17, 15) is 16.8 Å². The number of para-hydroxylation sites is 2. The monoisotopic (exact) mass is 454 g/mol. The molecule has 3 aromatic carbocycles. The van der Waals surface area contributed by atoms with Crippen molar-refractivity contribution in [2.24, 2.45) is 0 Å². The standard InChI is InChI=1S/C18H15O8PS2/c19-28(20,21)25-15-9-3-1-6-12(15)13-8-5-11-17(27)18(13)14-7-2-4-10-16(14)26-29(22,23)24/h1-11H,27H2,(H,19,20,21)(H,22,23,24). The van der Waals surface area contributed by atoms with Crippen molar-refractivity contribution in [3.8, 4) is 33.8 Å². The lowest BCUT2D eigenvalue weighted by atomic mass is 9.93. The van der Waals surface area contributed by atoms with Gasteiger partial charge in [0.1, 0.15) is 0 Å². The molecule has 0 spiro atoms. The van der Waals surface area contributed by atoms with Crippen molar-refractivity contribution in [1.82, 2.24) is 0 Å². The Labute approximate surface area is 170 Å². The van der Waals surface area contributed by atoms with Crippen LogP contribution in [0.3, 0.4) is 0 Å². The van der Waals surface area contributed by atoms with Gasteiger partial charge in [-0.2, -0.15) is 16.8 Å². The molecule has 29 heavy (non-hydrogen) atoms. The van der Waals surface area contributed by atoms with Crippen molar-refractivity contribution >= 4 is 35.3 Å². The highest BCUT2D eigenvalue weighted by molar-refractivity contribution is 7.81. The van der Waals surface area contributed by atoms with Crippen LogP contribution in [0.25, 0.3) is 22.3 Å². The molecular weight excluding hydrogens is 439 g/mol. The van der Waals surface area contributed by atoms with E-state index in [4.69, 9.17) is 13.3 Å². The minimum atomic E-state index is -4.77. The number of rotatable bonds is 6. The zero-order valence-electron chi connectivity index (χ0n) is 14.6. The van der Waals surface area contributed by atoms with Crippen molar-refractivity contribution in [2.45, 2.75) is 0 Å². The van der Waals surface area contributed by atoms with Gasteiger partial charge < -0.3 is 8.37 Å². The second-order valence-corrected chi connectivity index (χ2v) is 8.45. The van der Waals surface area contributed by atoms with Gasteiger partial charge >= 0.3 is 20.8 Å². The average Bonchev–Trinajstić information content (AvgIpc) is 2.60. The van der Waals surface area contributed by atoms with Gasteiger partial charge in [-0.25, -0.2) is 0 Å². The second kappa shape index (κ2) is 8.10. The molecule has 0 radical (unpaired) electrons. The maximum absolute atomic E-state index is 11.2. The van der Waals surface area contributed by atoms with Crippen molar-refractivity contribution in [3.63, 3.8) is 0 Å². The molecule has 0 saturated carbocycles. The highest BCUT2D eigenvalue weighted by Gasteiger charge is 2.20. The van der Waals surface area contributed by atoms with Gasteiger partial charge in [0.05, 0.1) is 0 Å². The molecule has 152 valence electrons. The van der Waals surface area contributed by atoms with Gasteiger partial charge in [-0.1, -0.05) is 54.6 Å². The zero-order valence-corrected chi connectivity index (χ0v) is 17.4. The molecule has 0 heterocycles. The Balaban J connectivity index is 2.28. The fraction of sp³-hybridized carbons (Fsp3) is 0. The van der Waals surface area contributed by atoms with Gasteiger partial charge in [0.2, 0.25) is 0 Å². The Morgan fingerprint density at radius 1 is 0.621 bits per heavy atom. The van der Waals surface area contributed by atoms with Gasteiger partial charge in [0, 0.05) is 16.7 Å². The summed E-state index contributed by atoms with van der Waals surface area (Å²) in [6.07, 6.45) is 0. The molecule has 1 unspecified atom stereocenters. The lowest BCUT2D eigenvalue weighted by Gasteiger charge is -2.17. The SMILES string of the molecule is O=S(=O)(O)Oc1ccccc1-c1cccc(P)c1-c1ccccc1OS(=O)(=O)O. The largest absolute Gasteiger partial charge is 0.446 e. The minimum Gasteiger partial charge on any atom is -0.361 e.